The third-order valence-corrected chi connectivity index (χ3v) is 4.15. The number of amides is 2. The molecular weight excluding hydrogens is 302 g/mol. The molecule has 0 radical (unpaired) electrons. The quantitative estimate of drug-likeness (QED) is 0.940. The first-order valence-electron chi connectivity index (χ1n) is 8.25. The van der Waals surface area contributed by atoms with E-state index in [0.717, 1.165) is 24.2 Å². The molecule has 0 aliphatic carbocycles. The minimum absolute atomic E-state index is 0.0183. The summed E-state index contributed by atoms with van der Waals surface area (Å²) in [7, 11) is 0. The van der Waals surface area contributed by atoms with Crippen molar-refractivity contribution in [3.63, 3.8) is 0 Å². The van der Waals surface area contributed by atoms with Crippen LogP contribution >= 0.6 is 0 Å². The first kappa shape index (κ1) is 16.2. The van der Waals surface area contributed by atoms with Crippen LogP contribution in [0.1, 0.15) is 35.8 Å². The van der Waals surface area contributed by atoms with Crippen LogP contribution in [-0.2, 0) is 11.2 Å². The number of hydrogen-bond donors (Lipinski definition) is 1. The first-order chi connectivity index (χ1) is 11.6. The van der Waals surface area contributed by atoms with Crippen LogP contribution in [0.4, 0.5) is 5.69 Å². The normalized spacial score (nSPS) is 14.6. The average Bonchev–Trinajstić information content (AvgIpc) is 2.61. The van der Waals surface area contributed by atoms with Gasteiger partial charge in [0.1, 0.15) is 0 Å². The van der Waals surface area contributed by atoms with Crippen molar-refractivity contribution < 1.29 is 9.59 Å². The number of benzene rings is 1. The third-order valence-electron chi connectivity index (χ3n) is 4.15. The third kappa shape index (κ3) is 3.62. The second kappa shape index (κ2) is 7.25. The van der Waals surface area contributed by atoms with Crippen LogP contribution in [0, 0.1) is 0 Å². The van der Waals surface area contributed by atoms with Crippen LogP contribution in [-0.4, -0.2) is 29.4 Å². The van der Waals surface area contributed by atoms with Crippen LogP contribution in [0.25, 0.3) is 0 Å². The molecule has 2 aromatic rings. The van der Waals surface area contributed by atoms with E-state index in [1.165, 1.54) is 0 Å². The predicted octanol–water partition coefficient (Wildman–Crippen LogP) is 2.57. The molecule has 124 valence electrons. The van der Waals surface area contributed by atoms with Gasteiger partial charge in [0, 0.05) is 30.8 Å². The highest BCUT2D eigenvalue weighted by molar-refractivity contribution is 5.96. The van der Waals surface area contributed by atoms with Crippen molar-refractivity contribution in [2.24, 2.45) is 0 Å². The van der Waals surface area contributed by atoms with E-state index in [1.807, 2.05) is 37.3 Å². The van der Waals surface area contributed by atoms with E-state index in [0.29, 0.717) is 12.1 Å². The Labute approximate surface area is 141 Å². The Hall–Kier alpha value is -2.69. The smallest absolute Gasteiger partial charge is 0.251 e. The van der Waals surface area contributed by atoms with Gasteiger partial charge in [-0.15, -0.1) is 0 Å². The molecule has 1 aromatic carbocycles. The zero-order valence-electron chi connectivity index (χ0n) is 13.7. The largest absolute Gasteiger partial charge is 0.349 e. The van der Waals surface area contributed by atoms with Crippen molar-refractivity contribution >= 4 is 17.5 Å². The molecular formula is C19H21N3O2. The molecule has 0 saturated carbocycles. The lowest BCUT2D eigenvalue weighted by Gasteiger charge is -2.29. The molecule has 2 heterocycles. The lowest BCUT2D eigenvalue weighted by Crippen LogP contribution is -2.41. The monoisotopic (exact) mass is 323 g/mol. The van der Waals surface area contributed by atoms with Gasteiger partial charge >= 0.3 is 0 Å². The van der Waals surface area contributed by atoms with Gasteiger partial charge in [-0.2, -0.15) is 0 Å². The number of carbonyl (C=O) groups is 2. The van der Waals surface area contributed by atoms with Gasteiger partial charge in [0.25, 0.3) is 5.91 Å². The van der Waals surface area contributed by atoms with Crippen LogP contribution in [0.15, 0.2) is 48.7 Å². The summed E-state index contributed by atoms with van der Waals surface area (Å²) in [5, 5.41) is 2.89. The van der Waals surface area contributed by atoms with Gasteiger partial charge in [-0.05, 0) is 44.0 Å². The van der Waals surface area contributed by atoms with Gasteiger partial charge in [0.05, 0.1) is 11.4 Å². The number of rotatable bonds is 4. The minimum Gasteiger partial charge on any atom is -0.349 e. The highest BCUT2D eigenvalue weighted by Crippen LogP contribution is 2.25. The number of aromatic nitrogens is 1. The summed E-state index contributed by atoms with van der Waals surface area (Å²) in [6.45, 7) is 2.56. The number of pyridine rings is 1. The van der Waals surface area contributed by atoms with Crippen molar-refractivity contribution in [1.29, 1.82) is 0 Å². The van der Waals surface area contributed by atoms with Crippen LogP contribution in [0.5, 0.6) is 0 Å². The summed E-state index contributed by atoms with van der Waals surface area (Å²) in [6.07, 6.45) is 3.85. The molecule has 1 atom stereocenters. The summed E-state index contributed by atoms with van der Waals surface area (Å²) in [5.41, 5.74) is 2.47. The molecule has 1 aliphatic heterocycles. The van der Waals surface area contributed by atoms with Gasteiger partial charge in [0.15, 0.2) is 0 Å². The maximum Gasteiger partial charge on any atom is 0.251 e. The number of anilines is 1. The van der Waals surface area contributed by atoms with E-state index in [-0.39, 0.29) is 24.3 Å². The van der Waals surface area contributed by atoms with E-state index in [1.54, 1.807) is 23.2 Å². The Kier molecular flexibility index (Phi) is 4.89. The van der Waals surface area contributed by atoms with Gasteiger partial charge in [-0.1, -0.05) is 18.2 Å². The second-order valence-electron chi connectivity index (χ2n) is 6.06. The molecule has 2 amide bonds. The molecule has 0 spiro atoms. The molecule has 1 unspecified atom stereocenters. The zero-order valence-corrected chi connectivity index (χ0v) is 13.7. The Morgan fingerprint density at radius 2 is 2.00 bits per heavy atom. The summed E-state index contributed by atoms with van der Waals surface area (Å²) < 4.78 is 0. The zero-order chi connectivity index (χ0) is 16.9. The Balaban J connectivity index is 1.62. The van der Waals surface area contributed by atoms with Gasteiger partial charge in [0.2, 0.25) is 5.91 Å². The lowest BCUT2D eigenvalue weighted by atomic mass is 10.1. The van der Waals surface area contributed by atoms with E-state index in [4.69, 9.17) is 0 Å². The molecule has 5 heteroatoms. The first-order valence-corrected chi connectivity index (χ1v) is 8.25. The van der Waals surface area contributed by atoms with Crippen LogP contribution in [0.2, 0.25) is 0 Å². The molecule has 1 aliphatic rings. The number of hydrogen-bond acceptors (Lipinski definition) is 3. The summed E-state index contributed by atoms with van der Waals surface area (Å²) in [4.78, 5) is 30.9. The van der Waals surface area contributed by atoms with E-state index >= 15 is 0 Å². The molecule has 5 nitrogen and oxygen atoms in total. The maximum absolute atomic E-state index is 12.6. The number of aryl methyl sites for hydroxylation is 1. The highest BCUT2D eigenvalue weighted by atomic mass is 16.2. The highest BCUT2D eigenvalue weighted by Gasteiger charge is 2.24. The summed E-state index contributed by atoms with van der Waals surface area (Å²) in [6, 6.07) is 12.6. The summed E-state index contributed by atoms with van der Waals surface area (Å²) >= 11 is 0. The number of nitrogens with one attached hydrogen (secondary N) is 1. The second-order valence-corrected chi connectivity index (χ2v) is 6.06. The van der Waals surface area contributed by atoms with Gasteiger partial charge in [-0.25, -0.2) is 0 Å². The molecule has 3 rings (SSSR count). The van der Waals surface area contributed by atoms with E-state index < -0.39 is 0 Å². The molecule has 1 aromatic heterocycles. The Morgan fingerprint density at radius 1 is 1.21 bits per heavy atom. The fourth-order valence-corrected chi connectivity index (χ4v) is 2.97. The SMILES string of the molecule is CC(CC(=O)N1CCCc2ncccc21)NC(=O)c1ccccc1. The Bertz CT molecular complexity index is 730. The maximum atomic E-state index is 12.6. The average molecular weight is 323 g/mol. The molecule has 24 heavy (non-hydrogen) atoms. The van der Waals surface area contributed by atoms with Crippen molar-refractivity contribution in [2.45, 2.75) is 32.2 Å². The fourth-order valence-electron chi connectivity index (χ4n) is 2.97. The van der Waals surface area contributed by atoms with Crippen LogP contribution < -0.4 is 10.2 Å². The van der Waals surface area contributed by atoms with Gasteiger partial charge < -0.3 is 10.2 Å². The number of fused-ring (bicyclic) bond motifs is 1. The van der Waals surface area contributed by atoms with Crippen molar-refractivity contribution in [1.82, 2.24) is 10.3 Å². The molecule has 0 saturated heterocycles. The molecule has 0 bridgehead atoms. The number of nitrogens with zero attached hydrogens (tertiary/aromatic N) is 2. The van der Waals surface area contributed by atoms with Crippen molar-refractivity contribution in [3.8, 4) is 0 Å². The standard InChI is InChI=1S/C19H21N3O2/c1-14(21-19(24)15-7-3-2-4-8-15)13-18(23)22-12-6-9-16-17(22)10-5-11-20-16/h2-5,7-8,10-11,14H,6,9,12-13H2,1H3,(H,21,24). The van der Waals surface area contributed by atoms with Gasteiger partial charge in [-0.3, -0.25) is 14.6 Å². The van der Waals surface area contributed by atoms with E-state index in [2.05, 4.69) is 10.3 Å². The fraction of sp³-hybridized carbons (Fsp3) is 0.316. The lowest BCUT2D eigenvalue weighted by molar-refractivity contribution is -0.119. The topological polar surface area (TPSA) is 62.3 Å². The number of carbonyl (C=O) groups excluding carboxylic acids is 2. The Morgan fingerprint density at radius 3 is 2.79 bits per heavy atom. The molecule has 1 N–H and O–H groups in total. The minimum atomic E-state index is -0.229. The van der Waals surface area contributed by atoms with Crippen molar-refractivity contribution in [3.05, 3.63) is 59.9 Å². The van der Waals surface area contributed by atoms with Crippen molar-refractivity contribution in [2.75, 3.05) is 11.4 Å². The summed E-state index contributed by atoms with van der Waals surface area (Å²) in [5.74, 6) is -0.138. The van der Waals surface area contributed by atoms with Crippen LogP contribution in [0.3, 0.4) is 0 Å². The molecule has 0 fully saturated rings. The van der Waals surface area contributed by atoms with E-state index in [9.17, 15) is 9.59 Å². The predicted molar refractivity (Wildman–Crippen MR) is 92.9 cm³/mol.